The van der Waals surface area contributed by atoms with Gasteiger partial charge in [-0.2, -0.15) is 0 Å². The zero-order valence-corrected chi connectivity index (χ0v) is 10.8. The van der Waals surface area contributed by atoms with Crippen molar-refractivity contribution >= 4 is 11.0 Å². The molecule has 0 saturated heterocycles. The molecule has 0 fully saturated rings. The Labute approximate surface area is 113 Å². The van der Waals surface area contributed by atoms with Crippen LogP contribution in [0, 0.1) is 12.7 Å². The second-order valence-electron chi connectivity index (χ2n) is 4.79. The first kappa shape index (κ1) is 12.6. The van der Waals surface area contributed by atoms with E-state index in [1.807, 2.05) is 6.92 Å². The van der Waals surface area contributed by atoms with E-state index in [1.165, 1.54) is 12.1 Å². The van der Waals surface area contributed by atoms with E-state index in [2.05, 4.69) is 9.97 Å². The summed E-state index contributed by atoms with van der Waals surface area (Å²) in [6, 6.07) is 9.41. The summed E-state index contributed by atoms with van der Waals surface area (Å²) in [5, 5.41) is 10.4. The number of nitrogens with one attached hydrogen (secondary N) is 2. The van der Waals surface area contributed by atoms with E-state index in [-0.39, 0.29) is 11.5 Å². The number of hydrogen-bond acceptors (Lipinski definition) is 2. The highest BCUT2D eigenvalue weighted by Gasteiger charge is 2.14. The standard InChI is InChI=1S/C15H13FN2O2/c1-8-2-4-10(16)7-11(8)14(19)9-3-5-12-13(6-9)18-15(20)17-12/h2-7,14,19H,1H3,(H2,17,18,20). The van der Waals surface area contributed by atoms with Gasteiger partial charge in [-0.05, 0) is 47.9 Å². The van der Waals surface area contributed by atoms with Crippen LogP contribution in [0.15, 0.2) is 41.2 Å². The van der Waals surface area contributed by atoms with Crippen LogP contribution in [-0.2, 0) is 0 Å². The quantitative estimate of drug-likeness (QED) is 0.670. The summed E-state index contributed by atoms with van der Waals surface area (Å²) in [7, 11) is 0. The SMILES string of the molecule is Cc1ccc(F)cc1C(O)c1ccc2[nH]c(=O)[nH]c2c1. The van der Waals surface area contributed by atoms with Gasteiger partial charge in [0.25, 0.3) is 0 Å². The summed E-state index contributed by atoms with van der Waals surface area (Å²) in [5.41, 5.74) is 2.90. The van der Waals surface area contributed by atoms with Crippen molar-refractivity contribution in [2.75, 3.05) is 0 Å². The molecule has 0 spiro atoms. The van der Waals surface area contributed by atoms with Crippen molar-refractivity contribution in [3.63, 3.8) is 0 Å². The third kappa shape index (κ3) is 2.12. The van der Waals surface area contributed by atoms with Gasteiger partial charge in [0, 0.05) is 0 Å². The van der Waals surface area contributed by atoms with Crippen molar-refractivity contribution in [1.29, 1.82) is 0 Å². The first-order valence-electron chi connectivity index (χ1n) is 6.20. The third-order valence-corrected chi connectivity index (χ3v) is 3.39. The number of aromatic nitrogens is 2. The van der Waals surface area contributed by atoms with Crippen LogP contribution in [0.1, 0.15) is 22.8 Å². The highest BCUT2D eigenvalue weighted by molar-refractivity contribution is 5.75. The molecule has 20 heavy (non-hydrogen) atoms. The van der Waals surface area contributed by atoms with Crippen molar-refractivity contribution in [2.24, 2.45) is 0 Å². The number of aryl methyl sites for hydroxylation is 1. The van der Waals surface area contributed by atoms with Crippen LogP contribution in [0.5, 0.6) is 0 Å². The number of aromatic amines is 2. The lowest BCUT2D eigenvalue weighted by molar-refractivity contribution is 0.219. The van der Waals surface area contributed by atoms with Gasteiger partial charge < -0.3 is 15.1 Å². The molecule has 0 radical (unpaired) electrons. The van der Waals surface area contributed by atoms with E-state index in [0.717, 1.165) is 5.56 Å². The fraction of sp³-hybridized carbons (Fsp3) is 0.133. The largest absolute Gasteiger partial charge is 0.384 e. The Balaban J connectivity index is 2.09. The van der Waals surface area contributed by atoms with Crippen LogP contribution < -0.4 is 5.69 Å². The molecule has 1 atom stereocenters. The molecule has 3 N–H and O–H groups in total. The monoisotopic (exact) mass is 272 g/mol. The minimum Gasteiger partial charge on any atom is -0.384 e. The van der Waals surface area contributed by atoms with E-state index >= 15 is 0 Å². The van der Waals surface area contributed by atoms with Crippen LogP contribution in [-0.4, -0.2) is 15.1 Å². The molecule has 1 heterocycles. The average molecular weight is 272 g/mol. The van der Waals surface area contributed by atoms with Crippen LogP contribution in [0.25, 0.3) is 11.0 Å². The summed E-state index contributed by atoms with van der Waals surface area (Å²) < 4.78 is 13.3. The van der Waals surface area contributed by atoms with Crippen molar-refractivity contribution < 1.29 is 9.50 Å². The summed E-state index contributed by atoms with van der Waals surface area (Å²) in [6.07, 6.45) is -0.937. The lowest BCUT2D eigenvalue weighted by Gasteiger charge is -2.14. The van der Waals surface area contributed by atoms with Crippen molar-refractivity contribution in [3.05, 3.63) is 69.4 Å². The maximum atomic E-state index is 13.3. The zero-order chi connectivity index (χ0) is 14.3. The number of aliphatic hydroxyl groups excluding tert-OH is 1. The maximum absolute atomic E-state index is 13.3. The zero-order valence-electron chi connectivity index (χ0n) is 10.8. The minimum atomic E-state index is -0.937. The molecule has 0 aliphatic rings. The maximum Gasteiger partial charge on any atom is 0.323 e. The fourth-order valence-corrected chi connectivity index (χ4v) is 2.31. The number of aliphatic hydroxyl groups is 1. The van der Waals surface area contributed by atoms with Gasteiger partial charge in [0.05, 0.1) is 11.0 Å². The Bertz CT molecular complexity index is 835. The average Bonchev–Trinajstić information content (AvgIpc) is 2.79. The van der Waals surface area contributed by atoms with Gasteiger partial charge in [0.1, 0.15) is 11.9 Å². The molecule has 3 aromatic rings. The molecule has 0 aliphatic carbocycles. The number of halogens is 1. The summed E-state index contributed by atoms with van der Waals surface area (Å²) in [4.78, 5) is 16.5. The van der Waals surface area contributed by atoms with E-state index in [4.69, 9.17) is 0 Å². The molecule has 2 aromatic carbocycles. The number of fused-ring (bicyclic) bond motifs is 1. The predicted molar refractivity (Wildman–Crippen MR) is 74.1 cm³/mol. The van der Waals surface area contributed by atoms with Crippen LogP contribution in [0.2, 0.25) is 0 Å². The molecule has 102 valence electrons. The van der Waals surface area contributed by atoms with Crippen molar-refractivity contribution in [3.8, 4) is 0 Å². The summed E-state index contributed by atoms with van der Waals surface area (Å²) in [5.74, 6) is -0.388. The van der Waals surface area contributed by atoms with E-state index in [0.29, 0.717) is 22.2 Å². The molecule has 0 saturated carbocycles. The molecule has 0 amide bonds. The topological polar surface area (TPSA) is 68.9 Å². The number of imidazole rings is 1. The van der Waals surface area contributed by atoms with Gasteiger partial charge >= 0.3 is 5.69 Å². The van der Waals surface area contributed by atoms with Gasteiger partial charge in [-0.15, -0.1) is 0 Å². The Hall–Kier alpha value is -2.40. The Morgan fingerprint density at radius 3 is 2.65 bits per heavy atom. The molecule has 4 nitrogen and oxygen atoms in total. The van der Waals surface area contributed by atoms with Gasteiger partial charge in [0.2, 0.25) is 0 Å². The normalized spacial score (nSPS) is 12.8. The third-order valence-electron chi connectivity index (χ3n) is 3.39. The van der Waals surface area contributed by atoms with Crippen LogP contribution in [0.4, 0.5) is 4.39 Å². The lowest BCUT2D eigenvalue weighted by Crippen LogP contribution is -2.02. The molecule has 0 bridgehead atoms. The van der Waals surface area contributed by atoms with Gasteiger partial charge in [-0.1, -0.05) is 12.1 Å². The first-order valence-corrected chi connectivity index (χ1v) is 6.20. The minimum absolute atomic E-state index is 0.298. The van der Waals surface area contributed by atoms with Gasteiger partial charge in [-0.25, -0.2) is 9.18 Å². The number of hydrogen-bond donors (Lipinski definition) is 3. The Kier molecular flexibility index (Phi) is 2.91. The number of benzene rings is 2. The molecule has 1 unspecified atom stereocenters. The Morgan fingerprint density at radius 2 is 1.85 bits per heavy atom. The molecule has 5 heteroatoms. The highest BCUT2D eigenvalue weighted by Crippen LogP contribution is 2.26. The Morgan fingerprint density at radius 1 is 1.10 bits per heavy atom. The number of rotatable bonds is 2. The van der Waals surface area contributed by atoms with Crippen LogP contribution >= 0.6 is 0 Å². The molecule has 3 rings (SSSR count). The molecule has 0 aliphatic heterocycles. The van der Waals surface area contributed by atoms with E-state index < -0.39 is 6.10 Å². The smallest absolute Gasteiger partial charge is 0.323 e. The van der Waals surface area contributed by atoms with Crippen LogP contribution in [0.3, 0.4) is 0 Å². The summed E-state index contributed by atoms with van der Waals surface area (Å²) in [6.45, 7) is 1.81. The van der Waals surface area contributed by atoms with Crippen molar-refractivity contribution in [1.82, 2.24) is 9.97 Å². The van der Waals surface area contributed by atoms with Gasteiger partial charge in [0.15, 0.2) is 0 Å². The number of H-pyrrole nitrogens is 2. The second kappa shape index (κ2) is 4.61. The molecular weight excluding hydrogens is 259 g/mol. The first-order chi connectivity index (χ1) is 9.54. The van der Waals surface area contributed by atoms with E-state index in [9.17, 15) is 14.3 Å². The molecule has 1 aromatic heterocycles. The van der Waals surface area contributed by atoms with Gasteiger partial charge in [-0.3, -0.25) is 0 Å². The van der Waals surface area contributed by atoms with Crippen molar-refractivity contribution in [2.45, 2.75) is 13.0 Å². The fourth-order valence-electron chi connectivity index (χ4n) is 2.31. The second-order valence-corrected chi connectivity index (χ2v) is 4.79. The molecular formula is C15H13FN2O2. The highest BCUT2D eigenvalue weighted by atomic mass is 19.1. The van der Waals surface area contributed by atoms with E-state index in [1.54, 1.807) is 24.3 Å². The lowest BCUT2D eigenvalue weighted by atomic mass is 9.97. The predicted octanol–water partition coefficient (Wildman–Crippen LogP) is 2.39. The summed E-state index contributed by atoms with van der Waals surface area (Å²) >= 11 is 0.